The van der Waals surface area contributed by atoms with Gasteiger partial charge in [0.1, 0.15) is 11.2 Å². The van der Waals surface area contributed by atoms with Crippen LogP contribution >= 0.6 is 23.1 Å². The Hall–Kier alpha value is -1.47. The number of rotatable bonds is 8. The number of thiophene rings is 1. The Morgan fingerprint density at radius 2 is 2.10 bits per heavy atom. The predicted molar refractivity (Wildman–Crippen MR) is 127 cm³/mol. The monoisotopic (exact) mass is 447 g/mol. The lowest BCUT2D eigenvalue weighted by atomic mass is 9.91. The van der Waals surface area contributed by atoms with Gasteiger partial charge in [-0.1, -0.05) is 26.2 Å². The minimum atomic E-state index is -0.856. The number of fused-ring (bicyclic) bond motifs is 3. The number of carbonyl (C=O) groups excluding carboxylic acids is 2. The summed E-state index contributed by atoms with van der Waals surface area (Å²) >= 11 is 3.58. The Labute approximate surface area is 187 Å². The van der Waals surface area contributed by atoms with E-state index in [9.17, 15) is 9.59 Å². The van der Waals surface area contributed by atoms with E-state index in [0.717, 1.165) is 46.7 Å². The topological polar surface area (TPSA) is 54.3 Å². The maximum atomic E-state index is 13.6. The lowest BCUT2D eigenvalue weighted by Crippen LogP contribution is -2.65. The van der Waals surface area contributed by atoms with Crippen molar-refractivity contribution >= 4 is 45.1 Å². The number of carbonyl (C=O) groups is 2. The second kappa shape index (κ2) is 9.35. The summed E-state index contributed by atoms with van der Waals surface area (Å²) < 4.78 is 3.19. The molecule has 1 aliphatic heterocycles. The molecule has 2 aromatic rings. The summed E-state index contributed by atoms with van der Waals surface area (Å²) in [7, 11) is 0. The van der Waals surface area contributed by atoms with Crippen molar-refractivity contribution in [2.75, 3.05) is 18.1 Å². The fourth-order valence-corrected chi connectivity index (χ4v) is 6.43. The normalized spacial score (nSPS) is 22.5. The van der Waals surface area contributed by atoms with Gasteiger partial charge in [0, 0.05) is 12.6 Å². The molecule has 4 rings (SSSR count). The molecular formula is C23H33N3O2S2. The highest BCUT2D eigenvalue weighted by Crippen LogP contribution is 2.35. The van der Waals surface area contributed by atoms with Crippen LogP contribution in [0.4, 0.5) is 0 Å². The summed E-state index contributed by atoms with van der Waals surface area (Å²) in [5.74, 6) is 2.17. The van der Waals surface area contributed by atoms with Gasteiger partial charge in [0.05, 0.1) is 16.8 Å². The molecule has 2 aliphatic rings. The van der Waals surface area contributed by atoms with Crippen molar-refractivity contribution in [3.05, 3.63) is 23.2 Å². The van der Waals surface area contributed by atoms with Crippen LogP contribution in [0, 0.1) is 0 Å². The zero-order chi connectivity index (χ0) is 21.1. The van der Waals surface area contributed by atoms with E-state index in [1.54, 1.807) is 11.3 Å². The van der Waals surface area contributed by atoms with E-state index in [1.165, 1.54) is 25.7 Å². The Morgan fingerprint density at radius 1 is 1.30 bits per heavy atom. The Balaban J connectivity index is 1.59. The molecule has 1 aliphatic carbocycles. The van der Waals surface area contributed by atoms with Crippen LogP contribution in [0.15, 0.2) is 17.5 Å². The van der Waals surface area contributed by atoms with E-state index in [0.29, 0.717) is 13.1 Å². The zero-order valence-electron chi connectivity index (χ0n) is 18.1. The van der Waals surface area contributed by atoms with Crippen molar-refractivity contribution in [1.29, 1.82) is 0 Å². The highest BCUT2D eigenvalue weighted by Gasteiger charge is 2.47. The summed E-state index contributed by atoms with van der Waals surface area (Å²) in [5.41, 5.74) is 0.935. The average Bonchev–Trinajstić information content (AvgIpc) is 3.33. The first-order valence-electron chi connectivity index (χ1n) is 11.3. The van der Waals surface area contributed by atoms with Crippen molar-refractivity contribution < 1.29 is 9.59 Å². The Morgan fingerprint density at radius 3 is 2.87 bits per heavy atom. The van der Waals surface area contributed by atoms with Crippen molar-refractivity contribution in [3.8, 4) is 0 Å². The van der Waals surface area contributed by atoms with Gasteiger partial charge >= 0.3 is 0 Å². The van der Waals surface area contributed by atoms with Gasteiger partial charge in [0.2, 0.25) is 5.91 Å². The lowest BCUT2D eigenvalue weighted by Gasteiger charge is -2.45. The number of hydrogen-bond donors (Lipinski definition) is 1. The second-order valence-electron chi connectivity index (χ2n) is 8.79. The highest BCUT2D eigenvalue weighted by atomic mass is 32.2. The van der Waals surface area contributed by atoms with Gasteiger partial charge in [-0.2, -0.15) is 11.8 Å². The summed E-state index contributed by atoms with van der Waals surface area (Å²) in [6.07, 6.45) is 7.79. The first-order chi connectivity index (χ1) is 14.5. The fraction of sp³-hybridized carbons (Fsp3) is 0.652. The molecule has 0 unspecified atom stereocenters. The van der Waals surface area contributed by atoms with Gasteiger partial charge < -0.3 is 14.8 Å². The van der Waals surface area contributed by atoms with Crippen molar-refractivity contribution in [1.82, 2.24) is 14.8 Å². The summed E-state index contributed by atoms with van der Waals surface area (Å²) in [6.45, 7) is 5.30. The van der Waals surface area contributed by atoms with Gasteiger partial charge in [-0.15, -0.1) is 11.3 Å². The van der Waals surface area contributed by atoms with E-state index in [4.69, 9.17) is 0 Å². The smallest absolute Gasteiger partial charge is 0.271 e. The lowest BCUT2D eigenvalue weighted by molar-refractivity contribution is -0.133. The first-order valence-corrected chi connectivity index (χ1v) is 13.4. The number of amides is 2. The zero-order valence-corrected chi connectivity index (χ0v) is 19.7. The van der Waals surface area contributed by atoms with Crippen LogP contribution in [-0.2, 0) is 11.3 Å². The van der Waals surface area contributed by atoms with Crippen molar-refractivity contribution in [2.45, 2.75) is 76.9 Å². The highest BCUT2D eigenvalue weighted by molar-refractivity contribution is 7.99. The Kier molecular flexibility index (Phi) is 6.78. The average molecular weight is 448 g/mol. The fourth-order valence-electron chi connectivity index (χ4n) is 4.78. The molecule has 0 radical (unpaired) electrons. The van der Waals surface area contributed by atoms with E-state index >= 15 is 0 Å². The number of nitrogens with one attached hydrogen (secondary N) is 1. The van der Waals surface area contributed by atoms with Crippen LogP contribution in [0.2, 0.25) is 0 Å². The van der Waals surface area contributed by atoms with E-state index in [1.807, 2.05) is 29.7 Å². The summed E-state index contributed by atoms with van der Waals surface area (Å²) in [6, 6.07) is 4.31. The van der Waals surface area contributed by atoms with E-state index in [2.05, 4.69) is 28.3 Å². The minimum absolute atomic E-state index is 0.00620. The van der Waals surface area contributed by atoms with Gasteiger partial charge in [0.25, 0.3) is 5.91 Å². The molecule has 7 heteroatoms. The van der Waals surface area contributed by atoms with Crippen LogP contribution in [-0.4, -0.2) is 50.9 Å². The molecule has 5 nitrogen and oxygen atoms in total. The summed E-state index contributed by atoms with van der Waals surface area (Å²) in [5, 5.41) is 5.36. The quantitative estimate of drug-likeness (QED) is 0.586. The SMILES string of the molecule is CCCSCCCN1C(=O)c2cc3sccc3n2C[C@]1(C)C(=O)NC1CCCCC1. The molecule has 2 amide bonds. The van der Waals surface area contributed by atoms with Crippen LogP contribution in [0.5, 0.6) is 0 Å². The standard InChI is InChI=1S/C23H33N3O2S2/c1-3-12-29-13-7-11-26-21(27)19-15-20-18(10-14-30-20)25(19)16-23(26,2)22(28)24-17-8-5-4-6-9-17/h10,14-15,17H,3-9,11-13,16H2,1-2H3,(H,24,28)/t23-/m1/s1. The van der Waals surface area contributed by atoms with Crippen LogP contribution in [0.25, 0.3) is 10.2 Å². The molecule has 0 bridgehead atoms. The van der Waals surface area contributed by atoms with Gasteiger partial charge in [0.15, 0.2) is 0 Å². The molecule has 1 N–H and O–H groups in total. The van der Waals surface area contributed by atoms with Crippen molar-refractivity contribution in [2.24, 2.45) is 0 Å². The van der Waals surface area contributed by atoms with Gasteiger partial charge in [-0.05, 0) is 61.6 Å². The minimum Gasteiger partial charge on any atom is -0.351 e. The van der Waals surface area contributed by atoms with Crippen molar-refractivity contribution in [3.63, 3.8) is 0 Å². The third kappa shape index (κ3) is 4.15. The van der Waals surface area contributed by atoms with E-state index < -0.39 is 5.54 Å². The molecule has 0 aromatic carbocycles. The van der Waals surface area contributed by atoms with Crippen LogP contribution in [0.1, 0.15) is 69.3 Å². The molecule has 2 aromatic heterocycles. The maximum Gasteiger partial charge on any atom is 0.271 e. The third-order valence-electron chi connectivity index (χ3n) is 6.50. The van der Waals surface area contributed by atoms with Gasteiger partial charge in [-0.25, -0.2) is 0 Å². The molecule has 0 saturated heterocycles. The molecular weight excluding hydrogens is 414 g/mol. The number of aromatic nitrogens is 1. The second-order valence-corrected chi connectivity index (χ2v) is 11.0. The van der Waals surface area contributed by atoms with Gasteiger partial charge in [-0.3, -0.25) is 9.59 Å². The van der Waals surface area contributed by atoms with E-state index in [-0.39, 0.29) is 17.9 Å². The first kappa shape index (κ1) is 21.8. The molecule has 0 spiro atoms. The number of nitrogens with zero attached hydrogens (tertiary/aromatic N) is 2. The maximum absolute atomic E-state index is 13.6. The molecule has 1 atom stereocenters. The molecule has 1 fully saturated rings. The molecule has 30 heavy (non-hydrogen) atoms. The summed E-state index contributed by atoms with van der Waals surface area (Å²) in [4.78, 5) is 29.0. The number of thioether (sulfide) groups is 1. The third-order valence-corrected chi connectivity index (χ3v) is 8.62. The predicted octanol–water partition coefficient (Wildman–Crippen LogP) is 4.90. The largest absolute Gasteiger partial charge is 0.351 e. The molecule has 1 saturated carbocycles. The van der Waals surface area contributed by atoms with Crippen LogP contribution < -0.4 is 5.32 Å². The molecule has 164 valence electrons. The number of hydrogen-bond acceptors (Lipinski definition) is 4. The van der Waals surface area contributed by atoms with Crippen LogP contribution in [0.3, 0.4) is 0 Å². The molecule has 3 heterocycles. The Bertz CT molecular complexity index is 900.